The zero-order valence-electron chi connectivity index (χ0n) is 11.3. The van der Waals surface area contributed by atoms with Crippen LogP contribution in [-0.4, -0.2) is 20.1 Å². The van der Waals surface area contributed by atoms with Gasteiger partial charge >= 0.3 is 6.30 Å². The smallest absolute Gasteiger partial charge is 0.266 e. The van der Waals surface area contributed by atoms with Crippen molar-refractivity contribution in [1.29, 1.82) is 0 Å². The first-order valence-electron chi connectivity index (χ1n) is 6.55. The van der Waals surface area contributed by atoms with Gasteiger partial charge in [0.2, 0.25) is 0 Å². The topological polar surface area (TPSA) is 37.4 Å². The van der Waals surface area contributed by atoms with Gasteiger partial charge in [-0.3, -0.25) is 4.90 Å². The number of rotatable bonds is 2. The fourth-order valence-electron chi connectivity index (χ4n) is 2.67. The zero-order chi connectivity index (χ0) is 16.0. The molecule has 2 aromatic carbocycles. The van der Waals surface area contributed by atoms with Gasteiger partial charge in [0.1, 0.15) is 5.37 Å². The van der Waals surface area contributed by atoms with Gasteiger partial charge in [-0.2, -0.15) is 13.2 Å². The maximum absolute atomic E-state index is 13.4. The van der Waals surface area contributed by atoms with E-state index in [0.717, 1.165) is 0 Å². The van der Waals surface area contributed by atoms with Crippen LogP contribution in [0.1, 0.15) is 5.56 Å². The molecule has 22 heavy (non-hydrogen) atoms. The highest BCUT2D eigenvalue weighted by molar-refractivity contribution is 7.92. The van der Waals surface area contributed by atoms with Crippen molar-refractivity contribution < 1.29 is 21.6 Å². The van der Waals surface area contributed by atoms with E-state index >= 15 is 0 Å². The number of alkyl halides is 3. The van der Waals surface area contributed by atoms with Gasteiger partial charge in [-0.25, -0.2) is 8.42 Å². The monoisotopic (exact) mass is 327 g/mol. The predicted molar refractivity (Wildman–Crippen MR) is 76.1 cm³/mol. The lowest BCUT2D eigenvalue weighted by Gasteiger charge is -2.29. The van der Waals surface area contributed by atoms with Crippen molar-refractivity contribution in [1.82, 2.24) is 0 Å². The van der Waals surface area contributed by atoms with Crippen LogP contribution >= 0.6 is 0 Å². The van der Waals surface area contributed by atoms with Crippen molar-refractivity contribution in [3.05, 3.63) is 60.2 Å². The van der Waals surface area contributed by atoms with Crippen molar-refractivity contribution in [2.24, 2.45) is 0 Å². The average Bonchev–Trinajstić information content (AvgIpc) is 2.88. The highest BCUT2D eigenvalue weighted by Crippen LogP contribution is 2.42. The van der Waals surface area contributed by atoms with E-state index < -0.39 is 21.5 Å². The fourth-order valence-corrected chi connectivity index (χ4v) is 4.43. The van der Waals surface area contributed by atoms with Gasteiger partial charge < -0.3 is 0 Å². The normalized spacial score (nSPS) is 18.3. The molecule has 0 N–H and O–H groups in total. The summed E-state index contributed by atoms with van der Waals surface area (Å²) in [6.07, 6.45) is -4.95. The molecule has 0 spiro atoms. The van der Waals surface area contributed by atoms with Crippen LogP contribution in [0.15, 0.2) is 59.5 Å². The minimum absolute atomic E-state index is 0.0463. The first kappa shape index (κ1) is 14.9. The van der Waals surface area contributed by atoms with E-state index in [9.17, 15) is 21.6 Å². The first-order chi connectivity index (χ1) is 10.3. The number of para-hydroxylation sites is 1. The maximum atomic E-state index is 13.4. The van der Waals surface area contributed by atoms with Crippen molar-refractivity contribution in [3.8, 4) is 0 Å². The summed E-state index contributed by atoms with van der Waals surface area (Å²) in [6.45, 7) is 0. The largest absolute Gasteiger partial charge is 0.486 e. The molecular weight excluding hydrogens is 315 g/mol. The Bertz CT molecular complexity index is 788. The molecule has 116 valence electrons. The Balaban J connectivity index is 2.12. The second-order valence-corrected chi connectivity index (χ2v) is 7.09. The number of sulfone groups is 1. The molecule has 1 unspecified atom stereocenters. The number of hydrogen-bond acceptors (Lipinski definition) is 3. The molecule has 3 rings (SSSR count). The van der Waals surface area contributed by atoms with Gasteiger partial charge in [-0.05, 0) is 23.8 Å². The minimum atomic E-state index is -4.76. The summed E-state index contributed by atoms with van der Waals surface area (Å²) in [5, 5.41) is -1.67. The van der Waals surface area contributed by atoms with Gasteiger partial charge in [0.05, 0.1) is 4.90 Å². The van der Waals surface area contributed by atoms with E-state index in [1.54, 1.807) is 12.1 Å². The molecule has 0 aromatic heterocycles. The standard InChI is InChI=1S/C15H12F3NO2S/c16-15(17,18)19-13-9-5-4-6-11(13)10-14(19)22(20,21)12-7-2-1-3-8-12/h1-9,14H,10H2. The van der Waals surface area contributed by atoms with E-state index in [-0.39, 0.29) is 21.9 Å². The second-order valence-electron chi connectivity index (χ2n) is 4.98. The molecule has 0 aliphatic carbocycles. The summed E-state index contributed by atoms with van der Waals surface area (Å²) in [7, 11) is -4.13. The molecule has 1 aliphatic heterocycles. The number of halogens is 3. The molecule has 0 bridgehead atoms. The van der Waals surface area contributed by atoms with Crippen molar-refractivity contribution >= 4 is 15.5 Å². The molecule has 0 amide bonds. The maximum Gasteiger partial charge on any atom is 0.486 e. The van der Waals surface area contributed by atoms with Gasteiger partial charge in [0, 0.05) is 12.1 Å². The predicted octanol–water partition coefficient (Wildman–Crippen LogP) is 3.37. The molecule has 1 heterocycles. The fraction of sp³-hybridized carbons (Fsp3) is 0.200. The Kier molecular flexibility index (Phi) is 3.40. The molecule has 0 saturated carbocycles. The number of hydrogen-bond donors (Lipinski definition) is 0. The summed E-state index contributed by atoms with van der Waals surface area (Å²) in [5.41, 5.74) is 0.281. The van der Waals surface area contributed by atoms with Crippen LogP contribution < -0.4 is 4.90 Å². The van der Waals surface area contributed by atoms with E-state index in [4.69, 9.17) is 0 Å². The Morgan fingerprint density at radius 1 is 0.955 bits per heavy atom. The lowest BCUT2D eigenvalue weighted by molar-refractivity contribution is -0.129. The number of anilines is 1. The molecule has 0 fully saturated rings. The van der Waals surface area contributed by atoms with Crippen LogP contribution in [-0.2, 0) is 16.3 Å². The molecular formula is C15H12F3NO2S. The summed E-state index contributed by atoms with van der Waals surface area (Å²) >= 11 is 0. The lowest BCUT2D eigenvalue weighted by Crippen LogP contribution is -2.47. The molecule has 1 atom stereocenters. The number of nitrogens with zero attached hydrogens (tertiary/aromatic N) is 1. The SMILES string of the molecule is O=S(=O)(c1ccccc1)C1Cc2ccccc2N1C(F)(F)F. The second kappa shape index (κ2) is 5.01. The summed E-state index contributed by atoms with van der Waals surface area (Å²) in [6, 6.07) is 13.1. The molecule has 7 heteroatoms. The Morgan fingerprint density at radius 2 is 1.55 bits per heavy atom. The quantitative estimate of drug-likeness (QED) is 0.794. The van der Waals surface area contributed by atoms with Crippen LogP contribution in [0.25, 0.3) is 0 Å². The van der Waals surface area contributed by atoms with Crippen LogP contribution in [0.3, 0.4) is 0 Å². The number of fused-ring (bicyclic) bond motifs is 1. The van der Waals surface area contributed by atoms with Crippen molar-refractivity contribution in [2.45, 2.75) is 23.0 Å². The van der Waals surface area contributed by atoms with Crippen molar-refractivity contribution in [3.63, 3.8) is 0 Å². The summed E-state index contributed by atoms with van der Waals surface area (Å²) in [4.78, 5) is -0.0629. The summed E-state index contributed by atoms with van der Waals surface area (Å²) < 4.78 is 65.4. The minimum Gasteiger partial charge on any atom is -0.266 e. The average molecular weight is 327 g/mol. The van der Waals surface area contributed by atoms with Crippen molar-refractivity contribution in [2.75, 3.05) is 4.90 Å². The summed E-state index contributed by atoms with van der Waals surface area (Å²) in [5.74, 6) is 0. The third-order valence-corrected chi connectivity index (χ3v) is 5.66. The Labute approximate surface area is 125 Å². The van der Waals surface area contributed by atoms with E-state index in [1.165, 1.54) is 42.5 Å². The third kappa shape index (κ3) is 2.35. The molecule has 0 radical (unpaired) electrons. The molecule has 2 aromatic rings. The zero-order valence-corrected chi connectivity index (χ0v) is 12.1. The van der Waals surface area contributed by atoms with Gasteiger partial charge in [0.15, 0.2) is 9.84 Å². The van der Waals surface area contributed by atoms with Gasteiger partial charge in [0.25, 0.3) is 0 Å². The Morgan fingerprint density at radius 3 is 2.18 bits per heavy atom. The first-order valence-corrected chi connectivity index (χ1v) is 8.09. The van der Waals surface area contributed by atoms with Crippen LogP contribution in [0, 0.1) is 0 Å². The van der Waals surface area contributed by atoms with Crippen LogP contribution in [0.4, 0.5) is 18.9 Å². The van der Waals surface area contributed by atoms with E-state index in [1.807, 2.05) is 0 Å². The molecule has 1 aliphatic rings. The third-order valence-electron chi connectivity index (χ3n) is 3.64. The van der Waals surface area contributed by atoms with Crippen LogP contribution in [0.2, 0.25) is 0 Å². The highest BCUT2D eigenvalue weighted by Gasteiger charge is 2.51. The molecule has 3 nitrogen and oxygen atoms in total. The highest BCUT2D eigenvalue weighted by atomic mass is 32.2. The van der Waals surface area contributed by atoms with Gasteiger partial charge in [-0.15, -0.1) is 0 Å². The van der Waals surface area contributed by atoms with Crippen LogP contribution in [0.5, 0.6) is 0 Å². The lowest BCUT2D eigenvalue weighted by atomic mass is 10.2. The number of benzene rings is 2. The van der Waals surface area contributed by atoms with Gasteiger partial charge in [-0.1, -0.05) is 36.4 Å². The Hall–Kier alpha value is -2.02. The van der Waals surface area contributed by atoms with E-state index in [0.29, 0.717) is 5.56 Å². The van der Waals surface area contributed by atoms with E-state index in [2.05, 4.69) is 0 Å². The molecule has 0 saturated heterocycles.